The molecule has 0 spiro atoms. The quantitative estimate of drug-likeness (QED) is 0.881. The SMILES string of the molecule is Brc1ccc(NN2CCCCC2)nc1. The molecule has 1 aliphatic rings. The van der Waals surface area contributed by atoms with Crippen molar-refractivity contribution in [2.24, 2.45) is 0 Å². The number of hydrogen-bond acceptors (Lipinski definition) is 3. The smallest absolute Gasteiger partial charge is 0.140 e. The van der Waals surface area contributed by atoms with Crippen molar-refractivity contribution in [1.82, 2.24) is 9.99 Å². The van der Waals surface area contributed by atoms with Crippen LogP contribution in [0.15, 0.2) is 22.8 Å². The Morgan fingerprint density at radius 1 is 1.21 bits per heavy atom. The van der Waals surface area contributed by atoms with Gasteiger partial charge in [0.15, 0.2) is 0 Å². The Labute approximate surface area is 92.6 Å². The molecule has 0 atom stereocenters. The van der Waals surface area contributed by atoms with Crippen molar-refractivity contribution >= 4 is 21.7 Å². The fourth-order valence-corrected chi connectivity index (χ4v) is 1.84. The highest BCUT2D eigenvalue weighted by Gasteiger charge is 2.09. The lowest BCUT2D eigenvalue weighted by Crippen LogP contribution is -2.35. The summed E-state index contributed by atoms with van der Waals surface area (Å²) in [7, 11) is 0. The molecule has 2 heterocycles. The summed E-state index contributed by atoms with van der Waals surface area (Å²) in [4.78, 5) is 4.27. The lowest BCUT2D eigenvalue weighted by molar-refractivity contribution is 0.272. The molecule has 76 valence electrons. The summed E-state index contributed by atoms with van der Waals surface area (Å²) in [5, 5.41) is 2.24. The number of nitrogens with zero attached hydrogens (tertiary/aromatic N) is 2. The summed E-state index contributed by atoms with van der Waals surface area (Å²) in [5.41, 5.74) is 3.31. The maximum absolute atomic E-state index is 4.27. The predicted octanol–water partition coefficient (Wildman–Crippen LogP) is 2.66. The first-order valence-corrected chi connectivity index (χ1v) is 5.77. The molecule has 1 saturated heterocycles. The van der Waals surface area contributed by atoms with E-state index in [9.17, 15) is 0 Å². The van der Waals surface area contributed by atoms with Crippen LogP contribution in [-0.2, 0) is 0 Å². The third-order valence-electron chi connectivity index (χ3n) is 2.36. The van der Waals surface area contributed by atoms with E-state index in [2.05, 4.69) is 31.3 Å². The molecule has 1 fully saturated rings. The van der Waals surface area contributed by atoms with Gasteiger partial charge in [-0.05, 0) is 40.9 Å². The van der Waals surface area contributed by atoms with E-state index in [-0.39, 0.29) is 0 Å². The molecule has 14 heavy (non-hydrogen) atoms. The van der Waals surface area contributed by atoms with Crippen molar-refractivity contribution in [3.8, 4) is 0 Å². The molecule has 0 unspecified atom stereocenters. The number of halogens is 1. The lowest BCUT2D eigenvalue weighted by Gasteiger charge is -2.27. The van der Waals surface area contributed by atoms with Gasteiger partial charge in [0.05, 0.1) is 0 Å². The Bertz CT molecular complexity index is 280. The van der Waals surface area contributed by atoms with Crippen molar-refractivity contribution in [2.45, 2.75) is 19.3 Å². The summed E-state index contributed by atoms with van der Waals surface area (Å²) < 4.78 is 1.02. The standard InChI is InChI=1S/C10H14BrN3/c11-9-4-5-10(12-8-9)13-14-6-2-1-3-7-14/h4-5,8H,1-3,6-7H2,(H,12,13). The third-order valence-corrected chi connectivity index (χ3v) is 2.83. The second kappa shape index (κ2) is 4.75. The average Bonchev–Trinajstić information content (AvgIpc) is 2.23. The zero-order chi connectivity index (χ0) is 9.80. The predicted molar refractivity (Wildman–Crippen MR) is 61.0 cm³/mol. The van der Waals surface area contributed by atoms with Gasteiger partial charge in [-0.3, -0.25) is 0 Å². The highest BCUT2D eigenvalue weighted by atomic mass is 79.9. The molecule has 1 N–H and O–H groups in total. The number of piperidine rings is 1. The number of rotatable bonds is 2. The van der Waals surface area contributed by atoms with Crippen molar-refractivity contribution in [3.05, 3.63) is 22.8 Å². The zero-order valence-electron chi connectivity index (χ0n) is 8.04. The van der Waals surface area contributed by atoms with E-state index in [1.807, 2.05) is 18.3 Å². The van der Waals surface area contributed by atoms with Gasteiger partial charge < -0.3 is 5.43 Å². The van der Waals surface area contributed by atoms with Crippen LogP contribution in [0.2, 0.25) is 0 Å². The molecule has 1 aromatic heterocycles. The van der Waals surface area contributed by atoms with E-state index in [1.165, 1.54) is 19.3 Å². The molecule has 1 aliphatic heterocycles. The summed E-state index contributed by atoms with van der Waals surface area (Å²) in [6.07, 6.45) is 5.73. The first-order chi connectivity index (χ1) is 6.84. The second-order valence-electron chi connectivity index (χ2n) is 3.52. The summed E-state index contributed by atoms with van der Waals surface area (Å²) in [5.74, 6) is 0.926. The van der Waals surface area contributed by atoms with Crippen LogP contribution in [0, 0.1) is 0 Å². The fourth-order valence-electron chi connectivity index (χ4n) is 1.61. The summed E-state index contributed by atoms with van der Waals surface area (Å²) in [6, 6.07) is 3.98. The topological polar surface area (TPSA) is 28.2 Å². The summed E-state index contributed by atoms with van der Waals surface area (Å²) in [6.45, 7) is 2.25. The van der Waals surface area contributed by atoms with E-state index in [1.54, 1.807) is 0 Å². The monoisotopic (exact) mass is 255 g/mol. The van der Waals surface area contributed by atoms with Gasteiger partial charge in [0.25, 0.3) is 0 Å². The molecular formula is C10H14BrN3. The van der Waals surface area contributed by atoms with Gasteiger partial charge in [0.2, 0.25) is 0 Å². The number of hydrazine groups is 1. The molecule has 0 amide bonds. The van der Waals surface area contributed by atoms with E-state index >= 15 is 0 Å². The van der Waals surface area contributed by atoms with Gasteiger partial charge in [-0.25, -0.2) is 9.99 Å². The molecular weight excluding hydrogens is 242 g/mol. The maximum atomic E-state index is 4.27. The Kier molecular flexibility index (Phi) is 3.37. The van der Waals surface area contributed by atoms with E-state index in [4.69, 9.17) is 0 Å². The van der Waals surface area contributed by atoms with Crippen molar-refractivity contribution < 1.29 is 0 Å². The number of nitrogens with one attached hydrogen (secondary N) is 1. The number of pyridine rings is 1. The van der Waals surface area contributed by atoms with Crippen LogP contribution >= 0.6 is 15.9 Å². The highest BCUT2D eigenvalue weighted by molar-refractivity contribution is 9.10. The zero-order valence-corrected chi connectivity index (χ0v) is 9.63. The number of anilines is 1. The van der Waals surface area contributed by atoms with Crippen LogP contribution in [0.5, 0.6) is 0 Å². The largest absolute Gasteiger partial charge is 0.303 e. The van der Waals surface area contributed by atoms with Crippen molar-refractivity contribution in [2.75, 3.05) is 18.5 Å². The van der Waals surface area contributed by atoms with Crippen LogP contribution < -0.4 is 5.43 Å². The van der Waals surface area contributed by atoms with Crippen molar-refractivity contribution in [1.29, 1.82) is 0 Å². The Hall–Kier alpha value is -0.610. The van der Waals surface area contributed by atoms with Gasteiger partial charge in [-0.15, -0.1) is 0 Å². The molecule has 1 aromatic rings. The fraction of sp³-hybridized carbons (Fsp3) is 0.500. The minimum atomic E-state index is 0.926. The molecule has 0 aromatic carbocycles. The van der Waals surface area contributed by atoms with Crippen LogP contribution in [0.4, 0.5) is 5.82 Å². The first kappa shape index (κ1) is 9.93. The minimum absolute atomic E-state index is 0.926. The Morgan fingerprint density at radius 2 is 2.00 bits per heavy atom. The molecule has 0 bridgehead atoms. The maximum Gasteiger partial charge on any atom is 0.140 e. The molecule has 0 radical (unpaired) electrons. The first-order valence-electron chi connectivity index (χ1n) is 4.98. The van der Waals surface area contributed by atoms with Crippen LogP contribution in [0.3, 0.4) is 0 Å². The molecule has 0 saturated carbocycles. The van der Waals surface area contributed by atoms with Gasteiger partial charge in [0.1, 0.15) is 5.82 Å². The Morgan fingerprint density at radius 3 is 2.64 bits per heavy atom. The van der Waals surface area contributed by atoms with E-state index < -0.39 is 0 Å². The van der Waals surface area contributed by atoms with Gasteiger partial charge in [-0.1, -0.05) is 6.42 Å². The second-order valence-corrected chi connectivity index (χ2v) is 4.44. The lowest BCUT2D eigenvalue weighted by atomic mass is 10.2. The number of hydrogen-bond donors (Lipinski definition) is 1. The van der Waals surface area contributed by atoms with Crippen molar-refractivity contribution in [3.63, 3.8) is 0 Å². The Balaban J connectivity index is 1.92. The molecule has 3 nitrogen and oxygen atoms in total. The van der Waals surface area contributed by atoms with Crippen LogP contribution in [0.25, 0.3) is 0 Å². The minimum Gasteiger partial charge on any atom is -0.303 e. The molecule has 0 aliphatic carbocycles. The number of aromatic nitrogens is 1. The van der Waals surface area contributed by atoms with Crippen LogP contribution in [0.1, 0.15) is 19.3 Å². The molecule has 4 heteroatoms. The normalized spacial score (nSPS) is 18.1. The molecule has 2 rings (SSSR count). The van der Waals surface area contributed by atoms with Crippen LogP contribution in [-0.4, -0.2) is 23.1 Å². The van der Waals surface area contributed by atoms with E-state index in [0.717, 1.165) is 23.4 Å². The van der Waals surface area contributed by atoms with E-state index in [0.29, 0.717) is 0 Å². The highest BCUT2D eigenvalue weighted by Crippen LogP contribution is 2.13. The van der Waals surface area contributed by atoms with Gasteiger partial charge in [0, 0.05) is 23.8 Å². The summed E-state index contributed by atoms with van der Waals surface area (Å²) >= 11 is 3.37. The van der Waals surface area contributed by atoms with Gasteiger partial charge in [-0.2, -0.15) is 0 Å². The average molecular weight is 256 g/mol. The third kappa shape index (κ3) is 2.69. The van der Waals surface area contributed by atoms with Gasteiger partial charge >= 0.3 is 0 Å².